The minimum Gasteiger partial charge on any atom is -0.465 e. The van der Waals surface area contributed by atoms with Gasteiger partial charge in [-0.1, -0.05) is 26.0 Å². The van der Waals surface area contributed by atoms with Gasteiger partial charge >= 0.3 is 5.97 Å². The third-order valence-corrected chi connectivity index (χ3v) is 10.9. The largest absolute Gasteiger partial charge is 0.465 e. The van der Waals surface area contributed by atoms with Crippen LogP contribution in [0.3, 0.4) is 0 Å². The SMILES string of the molecule is COC(=O)c1c(NC(=O)Cn2cc(CNC34CC5CC(CC(C5)C3)C4)nn2)sc2c1CCC(C(C)(C)C)C2. The van der Waals surface area contributed by atoms with E-state index in [1.54, 1.807) is 4.68 Å². The number of carbonyl (C=O) groups excluding carboxylic acids is 2. The topological polar surface area (TPSA) is 98.1 Å². The van der Waals surface area contributed by atoms with Crippen molar-refractivity contribution in [2.75, 3.05) is 12.4 Å². The lowest BCUT2D eigenvalue weighted by Crippen LogP contribution is -2.58. The fraction of sp³-hybridized carbons (Fsp3) is 0.724. The number of esters is 1. The molecular weight excluding hydrogens is 498 g/mol. The number of amides is 1. The van der Waals surface area contributed by atoms with Gasteiger partial charge in [0.05, 0.1) is 24.6 Å². The maximum absolute atomic E-state index is 13.0. The van der Waals surface area contributed by atoms with E-state index in [1.807, 2.05) is 6.20 Å². The van der Waals surface area contributed by atoms with Crippen LogP contribution >= 0.6 is 11.3 Å². The van der Waals surface area contributed by atoms with E-state index in [9.17, 15) is 9.59 Å². The maximum Gasteiger partial charge on any atom is 0.341 e. The average Bonchev–Trinajstić information content (AvgIpc) is 3.44. The molecule has 1 unspecified atom stereocenters. The Hall–Kier alpha value is -2.26. The molecule has 0 aromatic carbocycles. The molecule has 0 aliphatic heterocycles. The highest BCUT2D eigenvalue weighted by Gasteiger charge is 2.50. The molecule has 4 bridgehead atoms. The first-order valence-electron chi connectivity index (χ1n) is 14.3. The van der Waals surface area contributed by atoms with E-state index in [0.29, 0.717) is 23.0 Å². The fourth-order valence-corrected chi connectivity index (χ4v) is 9.48. The first-order chi connectivity index (χ1) is 18.1. The highest BCUT2D eigenvalue weighted by atomic mass is 32.1. The zero-order valence-electron chi connectivity index (χ0n) is 23.1. The highest BCUT2D eigenvalue weighted by Crippen LogP contribution is 2.55. The van der Waals surface area contributed by atoms with Gasteiger partial charge in [-0.3, -0.25) is 4.79 Å². The van der Waals surface area contributed by atoms with Crippen LogP contribution in [0, 0.1) is 29.1 Å². The van der Waals surface area contributed by atoms with Crippen LogP contribution in [-0.2, 0) is 35.5 Å². The second kappa shape index (κ2) is 9.73. The lowest BCUT2D eigenvalue weighted by molar-refractivity contribution is -0.116. The van der Waals surface area contributed by atoms with Crippen LogP contribution < -0.4 is 10.6 Å². The van der Waals surface area contributed by atoms with Gasteiger partial charge in [0.2, 0.25) is 5.91 Å². The standard InChI is InChI=1S/C29H41N5O3S/c1-28(2,3)20-5-6-22-23(10-20)38-26(25(22)27(36)37-4)31-24(35)16-34-15-21(32-33-34)14-30-29-11-17-7-18(12-29)9-19(8-17)13-29/h15,17-20,30H,5-14,16H2,1-4H3,(H,31,35). The second-order valence-electron chi connectivity index (χ2n) is 13.5. The molecule has 8 nitrogen and oxygen atoms in total. The number of nitrogens with zero attached hydrogens (tertiary/aromatic N) is 3. The molecule has 2 heterocycles. The van der Waals surface area contributed by atoms with Crippen molar-refractivity contribution in [2.45, 2.75) is 97.2 Å². The molecule has 206 valence electrons. The molecule has 0 saturated heterocycles. The van der Waals surface area contributed by atoms with Gasteiger partial charge in [0.1, 0.15) is 11.5 Å². The Kier molecular flexibility index (Phi) is 6.66. The summed E-state index contributed by atoms with van der Waals surface area (Å²) < 4.78 is 6.69. The van der Waals surface area contributed by atoms with Crippen molar-refractivity contribution in [3.63, 3.8) is 0 Å². The van der Waals surface area contributed by atoms with E-state index >= 15 is 0 Å². The number of anilines is 1. The zero-order chi connectivity index (χ0) is 26.7. The van der Waals surface area contributed by atoms with Crippen molar-refractivity contribution in [1.29, 1.82) is 0 Å². The van der Waals surface area contributed by atoms with Crippen molar-refractivity contribution < 1.29 is 14.3 Å². The summed E-state index contributed by atoms with van der Waals surface area (Å²) in [5.41, 5.74) is 2.89. The molecule has 38 heavy (non-hydrogen) atoms. The van der Waals surface area contributed by atoms with Gasteiger partial charge in [0.25, 0.3) is 0 Å². The van der Waals surface area contributed by atoms with Crippen LogP contribution in [0.4, 0.5) is 5.00 Å². The Labute approximate surface area is 229 Å². The van der Waals surface area contributed by atoms with Crippen molar-refractivity contribution in [2.24, 2.45) is 29.1 Å². The maximum atomic E-state index is 13.0. The number of hydrogen-bond acceptors (Lipinski definition) is 7. The van der Waals surface area contributed by atoms with Crippen LogP contribution in [0.15, 0.2) is 6.20 Å². The molecule has 9 heteroatoms. The summed E-state index contributed by atoms with van der Waals surface area (Å²) in [6.07, 6.45) is 12.8. The molecule has 0 radical (unpaired) electrons. The fourth-order valence-electron chi connectivity index (χ4n) is 8.15. The van der Waals surface area contributed by atoms with E-state index in [4.69, 9.17) is 4.74 Å². The normalized spacial score (nSPS) is 29.8. The first-order valence-corrected chi connectivity index (χ1v) is 15.1. The van der Waals surface area contributed by atoms with Crippen molar-refractivity contribution in [1.82, 2.24) is 20.3 Å². The number of nitrogens with one attached hydrogen (secondary N) is 2. The van der Waals surface area contributed by atoms with Gasteiger partial charge < -0.3 is 15.4 Å². The quantitative estimate of drug-likeness (QED) is 0.482. The minimum atomic E-state index is -0.384. The van der Waals surface area contributed by atoms with Crippen LogP contribution in [-0.4, -0.2) is 39.5 Å². The third kappa shape index (κ3) is 5.04. The molecule has 4 fully saturated rings. The molecule has 1 amide bonds. The van der Waals surface area contributed by atoms with Crippen LogP contribution in [0.25, 0.3) is 0 Å². The molecule has 2 N–H and O–H groups in total. The lowest BCUT2D eigenvalue weighted by atomic mass is 9.53. The Morgan fingerprint density at radius 3 is 2.47 bits per heavy atom. The summed E-state index contributed by atoms with van der Waals surface area (Å²) in [7, 11) is 1.40. The molecule has 1 atom stereocenters. The summed E-state index contributed by atoms with van der Waals surface area (Å²) in [5.74, 6) is 2.63. The van der Waals surface area contributed by atoms with Gasteiger partial charge in [-0.2, -0.15) is 0 Å². The molecule has 4 saturated carbocycles. The van der Waals surface area contributed by atoms with Gasteiger partial charge in [0, 0.05) is 17.0 Å². The summed E-state index contributed by atoms with van der Waals surface area (Å²) in [4.78, 5) is 26.9. The predicted molar refractivity (Wildman–Crippen MR) is 147 cm³/mol. The number of fused-ring (bicyclic) bond motifs is 1. The second-order valence-corrected chi connectivity index (χ2v) is 14.6. The Bertz CT molecular complexity index is 1190. The lowest BCUT2D eigenvalue weighted by Gasteiger charge is -2.57. The van der Waals surface area contributed by atoms with Gasteiger partial charge in [0.15, 0.2) is 0 Å². The molecular formula is C29H41N5O3S. The predicted octanol–water partition coefficient (Wildman–Crippen LogP) is 4.97. The van der Waals surface area contributed by atoms with Crippen LogP contribution in [0.5, 0.6) is 0 Å². The average molecular weight is 540 g/mol. The number of rotatable bonds is 7. The van der Waals surface area contributed by atoms with Crippen LogP contribution in [0.1, 0.15) is 92.2 Å². The summed E-state index contributed by atoms with van der Waals surface area (Å²) in [6, 6.07) is 0. The van der Waals surface area contributed by atoms with E-state index in [0.717, 1.165) is 48.3 Å². The highest BCUT2D eigenvalue weighted by molar-refractivity contribution is 7.17. The number of ether oxygens (including phenoxy) is 1. The summed E-state index contributed by atoms with van der Waals surface area (Å²) >= 11 is 1.52. The van der Waals surface area contributed by atoms with Crippen molar-refractivity contribution >= 4 is 28.2 Å². The molecule has 2 aromatic heterocycles. The number of carbonyl (C=O) groups is 2. The number of aromatic nitrogens is 3. The number of hydrogen-bond donors (Lipinski definition) is 2. The minimum absolute atomic E-state index is 0.0537. The van der Waals surface area contributed by atoms with Crippen LogP contribution in [0.2, 0.25) is 0 Å². The van der Waals surface area contributed by atoms with Crippen molar-refractivity contribution in [3.05, 3.63) is 27.9 Å². The van der Waals surface area contributed by atoms with Gasteiger partial charge in [-0.15, -0.1) is 16.4 Å². The number of thiophene rings is 1. The molecule has 2 aromatic rings. The van der Waals surface area contributed by atoms with E-state index < -0.39 is 0 Å². The molecule has 7 rings (SSSR count). The molecule has 5 aliphatic carbocycles. The van der Waals surface area contributed by atoms with Crippen molar-refractivity contribution in [3.8, 4) is 0 Å². The zero-order valence-corrected chi connectivity index (χ0v) is 24.0. The van der Waals surface area contributed by atoms with E-state index in [2.05, 4.69) is 41.7 Å². The third-order valence-electron chi connectivity index (χ3n) is 9.71. The van der Waals surface area contributed by atoms with Gasteiger partial charge in [-0.25, -0.2) is 9.48 Å². The Morgan fingerprint density at radius 2 is 1.84 bits per heavy atom. The summed E-state index contributed by atoms with van der Waals surface area (Å²) in [6.45, 7) is 7.55. The van der Waals surface area contributed by atoms with E-state index in [1.165, 1.54) is 61.8 Å². The number of methoxy groups -OCH3 is 1. The smallest absolute Gasteiger partial charge is 0.341 e. The molecule has 0 spiro atoms. The first kappa shape index (κ1) is 26.0. The Morgan fingerprint density at radius 1 is 1.16 bits per heavy atom. The molecule has 5 aliphatic rings. The van der Waals surface area contributed by atoms with E-state index in [-0.39, 0.29) is 29.4 Å². The van der Waals surface area contributed by atoms with Gasteiger partial charge in [-0.05, 0) is 92.4 Å². The monoisotopic (exact) mass is 539 g/mol. The Balaban J connectivity index is 1.09. The summed E-state index contributed by atoms with van der Waals surface area (Å²) in [5, 5.41) is 16.0.